The zero-order valence-electron chi connectivity index (χ0n) is 8.80. The Bertz CT molecular complexity index is 487. The van der Waals surface area contributed by atoms with E-state index < -0.39 is 0 Å². The Morgan fingerprint density at radius 1 is 1.69 bits per heavy atom. The van der Waals surface area contributed by atoms with Gasteiger partial charge in [0.15, 0.2) is 5.76 Å². The lowest BCUT2D eigenvalue weighted by molar-refractivity contribution is 0.0923. The summed E-state index contributed by atoms with van der Waals surface area (Å²) in [6, 6.07) is 3.26. The lowest BCUT2D eigenvalue weighted by Crippen LogP contribution is -2.22. The first-order valence-electron chi connectivity index (χ1n) is 4.76. The van der Waals surface area contributed by atoms with Crippen molar-refractivity contribution in [3.63, 3.8) is 0 Å². The number of rotatable bonds is 3. The third-order valence-electron chi connectivity index (χ3n) is 2.25. The van der Waals surface area contributed by atoms with Gasteiger partial charge in [0, 0.05) is 19.2 Å². The highest BCUT2D eigenvalue weighted by Gasteiger charge is 2.10. The Balaban J connectivity index is 1.98. The number of nitrogens with one attached hydrogen (secondary N) is 1. The van der Waals surface area contributed by atoms with Crippen LogP contribution in [0.25, 0.3) is 0 Å². The van der Waals surface area contributed by atoms with E-state index in [1.807, 2.05) is 0 Å². The SMILES string of the molecule is Cn1ncc(CNC(=O)c2ccco2)c1N. The molecule has 0 saturated carbocycles. The summed E-state index contributed by atoms with van der Waals surface area (Å²) in [6.45, 7) is 0.333. The Morgan fingerprint density at radius 2 is 2.50 bits per heavy atom. The van der Waals surface area contributed by atoms with E-state index >= 15 is 0 Å². The minimum Gasteiger partial charge on any atom is -0.459 e. The molecule has 0 aliphatic heterocycles. The van der Waals surface area contributed by atoms with Crippen LogP contribution in [0.4, 0.5) is 5.82 Å². The van der Waals surface area contributed by atoms with Gasteiger partial charge in [0.2, 0.25) is 0 Å². The Hall–Kier alpha value is -2.24. The van der Waals surface area contributed by atoms with Gasteiger partial charge >= 0.3 is 0 Å². The summed E-state index contributed by atoms with van der Waals surface area (Å²) in [5, 5.41) is 6.66. The molecule has 0 saturated heterocycles. The number of carbonyl (C=O) groups is 1. The number of carbonyl (C=O) groups excluding carboxylic acids is 1. The van der Waals surface area contributed by atoms with Gasteiger partial charge in [-0.15, -0.1) is 0 Å². The van der Waals surface area contributed by atoms with Gasteiger partial charge in [0.1, 0.15) is 5.82 Å². The number of hydrogen-bond donors (Lipinski definition) is 2. The van der Waals surface area contributed by atoms with Crippen LogP contribution in [-0.2, 0) is 13.6 Å². The number of hydrogen-bond acceptors (Lipinski definition) is 4. The molecule has 6 heteroatoms. The van der Waals surface area contributed by atoms with Crippen molar-refractivity contribution in [3.8, 4) is 0 Å². The Labute approximate surface area is 92.0 Å². The summed E-state index contributed by atoms with van der Waals surface area (Å²) in [6.07, 6.45) is 3.07. The van der Waals surface area contributed by atoms with Crippen LogP contribution in [0, 0.1) is 0 Å². The molecule has 6 nitrogen and oxygen atoms in total. The number of furan rings is 1. The molecule has 0 aliphatic rings. The molecule has 0 fully saturated rings. The first-order valence-corrected chi connectivity index (χ1v) is 4.76. The predicted octanol–water partition coefficient (Wildman–Crippen LogP) is 0.525. The molecule has 0 radical (unpaired) electrons. The zero-order valence-corrected chi connectivity index (χ0v) is 8.80. The lowest BCUT2D eigenvalue weighted by Gasteiger charge is -2.02. The smallest absolute Gasteiger partial charge is 0.287 e. The van der Waals surface area contributed by atoms with E-state index in [4.69, 9.17) is 10.2 Å². The normalized spacial score (nSPS) is 10.3. The predicted molar refractivity (Wildman–Crippen MR) is 57.5 cm³/mol. The van der Waals surface area contributed by atoms with Crippen LogP contribution in [0.15, 0.2) is 29.0 Å². The topological polar surface area (TPSA) is 86.1 Å². The lowest BCUT2D eigenvalue weighted by atomic mass is 10.3. The van der Waals surface area contributed by atoms with Crippen LogP contribution >= 0.6 is 0 Å². The Kier molecular flexibility index (Phi) is 2.63. The van der Waals surface area contributed by atoms with Crippen molar-refractivity contribution in [2.45, 2.75) is 6.54 Å². The second-order valence-corrected chi connectivity index (χ2v) is 3.34. The number of nitrogens with two attached hydrogens (primary N) is 1. The third kappa shape index (κ3) is 1.90. The van der Waals surface area contributed by atoms with Gasteiger partial charge in [-0.1, -0.05) is 0 Å². The van der Waals surface area contributed by atoms with Gasteiger partial charge in [0.05, 0.1) is 12.5 Å². The Morgan fingerprint density at radius 3 is 3.06 bits per heavy atom. The molecule has 0 aliphatic carbocycles. The van der Waals surface area contributed by atoms with E-state index in [2.05, 4.69) is 10.4 Å². The maximum atomic E-state index is 11.5. The number of anilines is 1. The molecule has 0 atom stereocenters. The highest BCUT2D eigenvalue weighted by molar-refractivity contribution is 5.91. The van der Waals surface area contributed by atoms with Crippen molar-refractivity contribution >= 4 is 11.7 Å². The van der Waals surface area contributed by atoms with Crippen molar-refractivity contribution in [2.75, 3.05) is 5.73 Å². The largest absolute Gasteiger partial charge is 0.459 e. The van der Waals surface area contributed by atoms with Crippen LogP contribution in [0.2, 0.25) is 0 Å². The second-order valence-electron chi connectivity index (χ2n) is 3.34. The molecule has 2 aromatic heterocycles. The van der Waals surface area contributed by atoms with Crippen LogP contribution in [0.1, 0.15) is 16.1 Å². The van der Waals surface area contributed by atoms with E-state index in [1.54, 1.807) is 30.1 Å². The third-order valence-corrected chi connectivity index (χ3v) is 2.25. The fourth-order valence-electron chi connectivity index (χ4n) is 1.30. The zero-order chi connectivity index (χ0) is 11.5. The van der Waals surface area contributed by atoms with E-state index in [1.165, 1.54) is 6.26 Å². The number of nitrogens with zero attached hydrogens (tertiary/aromatic N) is 2. The van der Waals surface area contributed by atoms with Crippen LogP contribution in [0.5, 0.6) is 0 Å². The van der Waals surface area contributed by atoms with E-state index in [0.29, 0.717) is 12.4 Å². The molecule has 2 rings (SSSR count). The first-order chi connectivity index (χ1) is 7.68. The molecule has 1 amide bonds. The van der Waals surface area contributed by atoms with Crippen LogP contribution in [0.3, 0.4) is 0 Å². The molecule has 2 aromatic rings. The monoisotopic (exact) mass is 220 g/mol. The van der Waals surface area contributed by atoms with Crippen molar-refractivity contribution in [1.29, 1.82) is 0 Å². The summed E-state index contributed by atoms with van der Waals surface area (Å²) in [5.41, 5.74) is 6.51. The van der Waals surface area contributed by atoms with E-state index in [9.17, 15) is 4.79 Å². The number of aryl methyl sites for hydroxylation is 1. The summed E-state index contributed by atoms with van der Waals surface area (Å²) >= 11 is 0. The van der Waals surface area contributed by atoms with E-state index in [0.717, 1.165) is 5.56 Å². The number of amides is 1. The minimum absolute atomic E-state index is 0.270. The average molecular weight is 220 g/mol. The number of aromatic nitrogens is 2. The van der Waals surface area contributed by atoms with Gasteiger partial charge in [-0.05, 0) is 12.1 Å². The minimum atomic E-state index is -0.270. The standard InChI is InChI=1S/C10H12N4O2/c1-14-9(11)7(6-13-14)5-12-10(15)8-3-2-4-16-8/h2-4,6H,5,11H2,1H3,(H,12,15). The average Bonchev–Trinajstić information content (AvgIpc) is 2.89. The van der Waals surface area contributed by atoms with Gasteiger partial charge in [-0.25, -0.2) is 0 Å². The quantitative estimate of drug-likeness (QED) is 0.789. The summed E-state index contributed by atoms with van der Waals surface area (Å²) in [7, 11) is 1.74. The van der Waals surface area contributed by atoms with Crippen molar-refractivity contribution in [1.82, 2.24) is 15.1 Å². The van der Waals surface area contributed by atoms with Gasteiger partial charge in [0.25, 0.3) is 5.91 Å². The molecule has 0 aromatic carbocycles. The van der Waals surface area contributed by atoms with E-state index in [-0.39, 0.29) is 11.7 Å². The molecule has 16 heavy (non-hydrogen) atoms. The molecule has 0 spiro atoms. The van der Waals surface area contributed by atoms with Crippen molar-refractivity contribution < 1.29 is 9.21 Å². The molecule has 0 unspecified atom stereocenters. The van der Waals surface area contributed by atoms with Gasteiger partial charge in [-0.3, -0.25) is 9.48 Å². The highest BCUT2D eigenvalue weighted by Crippen LogP contribution is 2.09. The fraction of sp³-hybridized carbons (Fsp3) is 0.200. The molecular weight excluding hydrogens is 208 g/mol. The molecule has 2 heterocycles. The number of nitrogen functional groups attached to an aromatic ring is 1. The van der Waals surface area contributed by atoms with Crippen molar-refractivity contribution in [2.24, 2.45) is 7.05 Å². The highest BCUT2D eigenvalue weighted by atomic mass is 16.3. The summed E-state index contributed by atoms with van der Waals surface area (Å²) in [4.78, 5) is 11.5. The van der Waals surface area contributed by atoms with Gasteiger partial charge < -0.3 is 15.5 Å². The van der Waals surface area contributed by atoms with Gasteiger partial charge in [-0.2, -0.15) is 5.10 Å². The first kappa shape index (κ1) is 10.3. The van der Waals surface area contributed by atoms with Crippen LogP contribution in [-0.4, -0.2) is 15.7 Å². The summed E-state index contributed by atoms with van der Waals surface area (Å²) in [5.74, 6) is 0.551. The summed E-state index contributed by atoms with van der Waals surface area (Å²) < 4.78 is 6.51. The molecular formula is C10H12N4O2. The van der Waals surface area contributed by atoms with Crippen LogP contribution < -0.4 is 11.1 Å². The van der Waals surface area contributed by atoms with Crippen molar-refractivity contribution in [3.05, 3.63) is 35.9 Å². The molecule has 3 N–H and O–H groups in total. The maximum Gasteiger partial charge on any atom is 0.287 e. The maximum absolute atomic E-state index is 11.5. The molecule has 0 bridgehead atoms. The molecule has 84 valence electrons. The fourth-order valence-corrected chi connectivity index (χ4v) is 1.30. The second kappa shape index (κ2) is 4.09.